The number of oxime groups is 1. The first-order valence-corrected chi connectivity index (χ1v) is 9.35. The van der Waals surface area contributed by atoms with Gasteiger partial charge in [0.2, 0.25) is 0 Å². The zero-order valence-electron chi connectivity index (χ0n) is 14.6. The van der Waals surface area contributed by atoms with Gasteiger partial charge in [0.05, 0.1) is 5.56 Å². The van der Waals surface area contributed by atoms with Crippen molar-refractivity contribution < 1.29 is 9.63 Å². The predicted molar refractivity (Wildman–Crippen MR) is 111 cm³/mol. The average molecular weight is 423 g/mol. The summed E-state index contributed by atoms with van der Waals surface area (Å²) in [5.74, 6) is -0.364. The second-order valence-electron chi connectivity index (χ2n) is 6.00. The zero-order chi connectivity index (χ0) is 19.1. The summed E-state index contributed by atoms with van der Waals surface area (Å²) in [7, 11) is 0. The highest BCUT2D eigenvalue weighted by Gasteiger charge is 2.13. The maximum absolute atomic E-state index is 12.5. The SMILES string of the molecule is N/C(=N\OC(=O)c1ccccc1CCc1ccccc1)c1ccc(Br)cc1. The molecule has 0 spiro atoms. The van der Waals surface area contributed by atoms with Crippen LogP contribution in [0.1, 0.15) is 27.0 Å². The van der Waals surface area contributed by atoms with E-state index in [2.05, 4.69) is 33.2 Å². The van der Waals surface area contributed by atoms with Gasteiger partial charge in [-0.3, -0.25) is 0 Å². The molecule has 0 aliphatic carbocycles. The molecule has 0 saturated heterocycles. The van der Waals surface area contributed by atoms with Crippen molar-refractivity contribution in [1.29, 1.82) is 0 Å². The normalized spacial score (nSPS) is 11.2. The van der Waals surface area contributed by atoms with Crippen LogP contribution in [-0.4, -0.2) is 11.8 Å². The Morgan fingerprint density at radius 1 is 0.889 bits per heavy atom. The van der Waals surface area contributed by atoms with Gasteiger partial charge in [0, 0.05) is 10.0 Å². The van der Waals surface area contributed by atoms with Gasteiger partial charge in [-0.05, 0) is 42.2 Å². The van der Waals surface area contributed by atoms with Gasteiger partial charge in [0.25, 0.3) is 0 Å². The summed E-state index contributed by atoms with van der Waals surface area (Å²) in [5.41, 5.74) is 9.23. The largest absolute Gasteiger partial charge is 0.380 e. The van der Waals surface area contributed by atoms with Crippen LogP contribution in [0.25, 0.3) is 0 Å². The van der Waals surface area contributed by atoms with Gasteiger partial charge >= 0.3 is 5.97 Å². The van der Waals surface area contributed by atoms with Gasteiger partial charge in [-0.15, -0.1) is 0 Å². The maximum Gasteiger partial charge on any atom is 0.366 e. The number of benzene rings is 3. The molecule has 0 radical (unpaired) electrons. The van der Waals surface area contributed by atoms with Crippen molar-refractivity contribution in [3.05, 3.63) is 106 Å². The van der Waals surface area contributed by atoms with E-state index in [9.17, 15) is 4.79 Å². The molecule has 5 heteroatoms. The number of halogens is 1. The Hall–Kier alpha value is -2.92. The molecule has 2 N–H and O–H groups in total. The van der Waals surface area contributed by atoms with E-state index < -0.39 is 5.97 Å². The molecule has 0 bridgehead atoms. The lowest BCUT2D eigenvalue weighted by molar-refractivity contribution is 0.0514. The third-order valence-electron chi connectivity index (χ3n) is 4.13. The molecule has 0 aromatic heterocycles. The number of carbonyl (C=O) groups excluding carboxylic acids is 1. The summed E-state index contributed by atoms with van der Waals surface area (Å²) in [6.45, 7) is 0. The summed E-state index contributed by atoms with van der Waals surface area (Å²) in [6, 6.07) is 24.8. The lowest BCUT2D eigenvalue weighted by atomic mass is 10.00. The monoisotopic (exact) mass is 422 g/mol. The van der Waals surface area contributed by atoms with Crippen molar-refractivity contribution in [2.24, 2.45) is 10.9 Å². The topological polar surface area (TPSA) is 64.7 Å². The third-order valence-corrected chi connectivity index (χ3v) is 4.66. The molecular weight excluding hydrogens is 404 g/mol. The molecule has 136 valence electrons. The number of amidine groups is 1. The molecule has 0 atom stereocenters. The van der Waals surface area contributed by atoms with E-state index in [1.54, 1.807) is 18.2 Å². The van der Waals surface area contributed by atoms with Crippen LogP contribution in [0, 0.1) is 0 Å². The van der Waals surface area contributed by atoms with Crippen LogP contribution in [0.2, 0.25) is 0 Å². The number of rotatable bonds is 6. The molecule has 0 unspecified atom stereocenters. The van der Waals surface area contributed by atoms with Crippen molar-refractivity contribution in [3.8, 4) is 0 Å². The molecule has 27 heavy (non-hydrogen) atoms. The molecule has 0 aliphatic heterocycles. The second kappa shape index (κ2) is 9.14. The van der Waals surface area contributed by atoms with E-state index in [1.165, 1.54) is 5.56 Å². The minimum absolute atomic E-state index is 0.151. The zero-order valence-corrected chi connectivity index (χ0v) is 16.2. The number of nitrogens with zero attached hydrogens (tertiary/aromatic N) is 1. The smallest absolute Gasteiger partial charge is 0.366 e. The van der Waals surface area contributed by atoms with Crippen LogP contribution in [-0.2, 0) is 17.7 Å². The summed E-state index contributed by atoms with van der Waals surface area (Å²) in [5, 5.41) is 3.79. The van der Waals surface area contributed by atoms with Crippen LogP contribution in [0.15, 0.2) is 88.5 Å². The molecule has 0 saturated carbocycles. The first-order valence-electron chi connectivity index (χ1n) is 8.56. The lowest BCUT2D eigenvalue weighted by Crippen LogP contribution is -2.15. The van der Waals surface area contributed by atoms with Crippen LogP contribution in [0.3, 0.4) is 0 Å². The van der Waals surface area contributed by atoms with Crippen LogP contribution in [0.4, 0.5) is 0 Å². The Labute approximate surface area is 166 Å². The minimum Gasteiger partial charge on any atom is -0.380 e. The van der Waals surface area contributed by atoms with Crippen molar-refractivity contribution in [2.45, 2.75) is 12.8 Å². The van der Waals surface area contributed by atoms with Gasteiger partial charge in [0.1, 0.15) is 0 Å². The fourth-order valence-electron chi connectivity index (χ4n) is 2.67. The summed E-state index contributed by atoms with van der Waals surface area (Å²) in [4.78, 5) is 17.6. The summed E-state index contributed by atoms with van der Waals surface area (Å²) in [6.07, 6.45) is 1.58. The number of hydrogen-bond donors (Lipinski definition) is 1. The highest BCUT2D eigenvalue weighted by atomic mass is 79.9. The predicted octanol–water partition coefficient (Wildman–Crippen LogP) is 4.71. The Morgan fingerprint density at radius 3 is 2.30 bits per heavy atom. The Balaban J connectivity index is 1.69. The molecule has 0 aliphatic rings. The third kappa shape index (κ3) is 5.28. The molecule has 0 heterocycles. The Morgan fingerprint density at radius 2 is 1.56 bits per heavy atom. The van der Waals surface area contributed by atoms with E-state index in [4.69, 9.17) is 10.6 Å². The summed E-state index contributed by atoms with van der Waals surface area (Å²) >= 11 is 3.36. The van der Waals surface area contributed by atoms with Crippen molar-refractivity contribution in [1.82, 2.24) is 0 Å². The quantitative estimate of drug-likeness (QED) is 0.270. The van der Waals surface area contributed by atoms with E-state index in [-0.39, 0.29) is 5.84 Å². The molecule has 0 fully saturated rings. The Bertz CT molecular complexity index is 938. The van der Waals surface area contributed by atoms with E-state index >= 15 is 0 Å². The minimum atomic E-state index is -0.515. The molecule has 3 aromatic rings. The fraction of sp³-hybridized carbons (Fsp3) is 0.0909. The highest BCUT2D eigenvalue weighted by Crippen LogP contribution is 2.15. The van der Waals surface area contributed by atoms with Gasteiger partial charge in [-0.25, -0.2) is 4.79 Å². The standard InChI is InChI=1S/C22H19BrN2O2/c23-19-14-12-18(13-15-19)21(24)25-27-22(26)20-9-5-4-8-17(20)11-10-16-6-2-1-3-7-16/h1-9,12-15H,10-11H2,(H2,24,25). The number of aryl methyl sites for hydroxylation is 2. The molecule has 4 nitrogen and oxygen atoms in total. The highest BCUT2D eigenvalue weighted by molar-refractivity contribution is 9.10. The van der Waals surface area contributed by atoms with E-state index in [0.717, 1.165) is 22.9 Å². The number of nitrogens with two attached hydrogens (primary N) is 1. The second-order valence-corrected chi connectivity index (χ2v) is 6.92. The van der Waals surface area contributed by atoms with Crippen molar-refractivity contribution in [3.63, 3.8) is 0 Å². The van der Waals surface area contributed by atoms with Crippen molar-refractivity contribution >= 4 is 27.7 Å². The van der Waals surface area contributed by atoms with Gasteiger partial charge in [-0.2, -0.15) is 0 Å². The van der Waals surface area contributed by atoms with Gasteiger partial charge < -0.3 is 10.6 Å². The molecule has 3 aromatic carbocycles. The van der Waals surface area contributed by atoms with Crippen LogP contribution < -0.4 is 5.73 Å². The van der Waals surface area contributed by atoms with Crippen molar-refractivity contribution in [2.75, 3.05) is 0 Å². The maximum atomic E-state index is 12.5. The Kier molecular flexibility index (Phi) is 6.39. The molecule has 3 rings (SSSR count). The number of hydrogen-bond acceptors (Lipinski definition) is 3. The first kappa shape index (κ1) is 18.9. The fourth-order valence-corrected chi connectivity index (χ4v) is 2.94. The van der Waals surface area contributed by atoms with E-state index in [0.29, 0.717) is 11.1 Å². The van der Waals surface area contributed by atoms with Crippen LogP contribution >= 0.6 is 15.9 Å². The number of carbonyl (C=O) groups is 1. The summed E-state index contributed by atoms with van der Waals surface area (Å²) < 4.78 is 0.934. The molecule has 0 amide bonds. The van der Waals surface area contributed by atoms with Gasteiger partial charge in [-0.1, -0.05) is 81.7 Å². The van der Waals surface area contributed by atoms with Crippen LogP contribution in [0.5, 0.6) is 0 Å². The van der Waals surface area contributed by atoms with E-state index in [1.807, 2.05) is 48.5 Å². The average Bonchev–Trinajstić information content (AvgIpc) is 2.71. The lowest BCUT2D eigenvalue weighted by Gasteiger charge is -2.08. The molecular formula is C22H19BrN2O2. The van der Waals surface area contributed by atoms with Gasteiger partial charge in [0.15, 0.2) is 5.84 Å². The first-order chi connectivity index (χ1) is 13.1.